The number of fused-ring (bicyclic) bond motifs is 1. The molecular formula is C25H28ClN3O3S. The Kier molecular flexibility index (Phi) is 6.75. The Morgan fingerprint density at radius 1 is 1.27 bits per heavy atom. The van der Waals surface area contributed by atoms with E-state index in [0.29, 0.717) is 27.2 Å². The van der Waals surface area contributed by atoms with E-state index in [-0.39, 0.29) is 12.6 Å². The number of aliphatic hydroxyl groups is 1. The number of amidine groups is 1. The van der Waals surface area contributed by atoms with Crippen molar-refractivity contribution in [3.8, 4) is 0 Å². The van der Waals surface area contributed by atoms with E-state index in [4.69, 9.17) is 21.3 Å². The molecule has 4 rings (SSSR count). The van der Waals surface area contributed by atoms with E-state index in [9.17, 15) is 9.90 Å². The molecule has 2 atom stereocenters. The predicted octanol–water partition coefficient (Wildman–Crippen LogP) is 5.20. The van der Waals surface area contributed by atoms with Gasteiger partial charge < -0.3 is 14.7 Å². The molecule has 6 nitrogen and oxygen atoms in total. The number of carbonyl (C=O) groups excluding carboxylic acids is 1. The van der Waals surface area contributed by atoms with E-state index >= 15 is 0 Å². The van der Waals surface area contributed by atoms with E-state index < -0.39 is 17.9 Å². The molecule has 33 heavy (non-hydrogen) atoms. The summed E-state index contributed by atoms with van der Waals surface area (Å²) in [5.41, 5.74) is 2.72. The molecule has 1 N–H and O–H groups in total. The fraction of sp³-hybridized carbons (Fsp3) is 0.360. The molecule has 0 radical (unpaired) electrons. The highest BCUT2D eigenvalue weighted by molar-refractivity contribution is 8.14. The van der Waals surface area contributed by atoms with Gasteiger partial charge in [-0.25, -0.2) is 9.79 Å². The minimum Gasteiger partial charge on any atom is -0.463 e. The molecule has 2 heterocycles. The first kappa shape index (κ1) is 23.7. The molecule has 0 saturated carbocycles. The summed E-state index contributed by atoms with van der Waals surface area (Å²) >= 11 is 7.64. The van der Waals surface area contributed by atoms with Gasteiger partial charge in [-0.1, -0.05) is 53.7 Å². The lowest BCUT2D eigenvalue weighted by Crippen LogP contribution is -2.64. The van der Waals surface area contributed by atoms with Crippen molar-refractivity contribution in [2.24, 2.45) is 4.99 Å². The normalized spacial score (nSPS) is 22.3. The fourth-order valence-corrected chi connectivity index (χ4v) is 5.83. The van der Waals surface area contributed by atoms with Crippen LogP contribution in [0.4, 0.5) is 5.69 Å². The number of carbonyl (C=O) groups is 1. The molecule has 0 aromatic heterocycles. The number of allylic oxidation sites excluding steroid dienone is 1. The van der Waals surface area contributed by atoms with Gasteiger partial charge in [0.15, 0.2) is 5.17 Å². The number of aliphatic imine (C=N–C) groups is 1. The lowest BCUT2D eigenvalue weighted by Gasteiger charge is -2.50. The maximum Gasteiger partial charge on any atom is 0.338 e. The second kappa shape index (κ2) is 9.41. The molecule has 0 bridgehead atoms. The van der Waals surface area contributed by atoms with Crippen LogP contribution < -0.4 is 4.90 Å². The number of halogens is 1. The third kappa shape index (κ3) is 4.25. The average Bonchev–Trinajstić information content (AvgIpc) is 3.10. The molecule has 2 aromatic carbocycles. The third-order valence-electron chi connectivity index (χ3n) is 5.79. The summed E-state index contributed by atoms with van der Waals surface area (Å²) in [5, 5.41) is 13.6. The maximum atomic E-state index is 13.1. The molecule has 0 aliphatic carbocycles. The molecule has 0 spiro atoms. The summed E-state index contributed by atoms with van der Waals surface area (Å²) < 4.78 is 5.42. The van der Waals surface area contributed by atoms with Crippen molar-refractivity contribution in [2.45, 2.75) is 45.6 Å². The number of hydrogen-bond acceptors (Lipinski definition) is 7. The maximum absolute atomic E-state index is 13.1. The Balaban J connectivity index is 1.90. The van der Waals surface area contributed by atoms with Crippen molar-refractivity contribution < 1.29 is 14.6 Å². The van der Waals surface area contributed by atoms with Crippen molar-refractivity contribution in [3.63, 3.8) is 0 Å². The average molecular weight is 486 g/mol. The molecule has 1 fully saturated rings. The smallest absolute Gasteiger partial charge is 0.338 e. The van der Waals surface area contributed by atoms with Gasteiger partial charge in [-0.3, -0.25) is 4.90 Å². The van der Waals surface area contributed by atoms with E-state index in [0.717, 1.165) is 11.3 Å². The van der Waals surface area contributed by atoms with Gasteiger partial charge >= 0.3 is 5.97 Å². The molecule has 2 aliphatic rings. The zero-order valence-electron chi connectivity index (χ0n) is 19.2. The summed E-state index contributed by atoms with van der Waals surface area (Å²) in [6.45, 7) is 7.93. The molecule has 0 unspecified atom stereocenters. The van der Waals surface area contributed by atoms with Gasteiger partial charge in [-0.05, 0) is 57.5 Å². The highest BCUT2D eigenvalue weighted by atomic mass is 35.5. The van der Waals surface area contributed by atoms with Crippen LogP contribution >= 0.6 is 23.4 Å². The van der Waals surface area contributed by atoms with Gasteiger partial charge in [0.2, 0.25) is 5.85 Å². The van der Waals surface area contributed by atoms with Crippen LogP contribution in [-0.4, -0.2) is 45.4 Å². The van der Waals surface area contributed by atoms with E-state index in [1.54, 1.807) is 19.1 Å². The summed E-state index contributed by atoms with van der Waals surface area (Å²) in [7, 11) is 0. The van der Waals surface area contributed by atoms with Crippen LogP contribution in [0.2, 0.25) is 5.02 Å². The van der Waals surface area contributed by atoms with Crippen LogP contribution in [-0.2, 0) is 9.53 Å². The molecule has 174 valence electrons. The number of benzene rings is 2. The first-order chi connectivity index (χ1) is 15.8. The fourth-order valence-electron chi connectivity index (χ4n) is 4.51. The summed E-state index contributed by atoms with van der Waals surface area (Å²) in [4.78, 5) is 21.7. The number of anilines is 1. The summed E-state index contributed by atoms with van der Waals surface area (Å²) in [6, 6.07) is 16.5. The highest BCUT2D eigenvalue weighted by Gasteiger charge is 2.55. The number of rotatable bonds is 6. The van der Waals surface area contributed by atoms with Crippen molar-refractivity contribution in [1.29, 1.82) is 0 Å². The van der Waals surface area contributed by atoms with Crippen LogP contribution in [0.15, 0.2) is 70.9 Å². The number of hydrogen-bond donors (Lipinski definition) is 1. The topological polar surface area (TPSA) is 65.4 Å². The number of esters is 1. The number of nitrogens with zero attached hydrogens (tertiary/aromatic N) is 3. The Labute approximate surface area is 203 Å². The van der Waals surface area contributed by atoms with Crippen LogP contribution in [0, 0.1) is 0 Å². The second-order valence-corrected chi connectivity index (χ2v) is 9.68. The quantitative estimate of drug-likeness (QED) is 0.448. The molecule has 1 saturated heterocycles. The van der Waals surface area contributed by atoms with Crippen LogP contribution in [0.3, 0.4) is 0 Å². The summed E-state index contributed by atoms with van der Waals surface area (Å²) in [6.07, 6.45) is 0. The Morgan fingerprint density at radius 2 is 1.94 bits per heavy atom. The molecule has 0 amide bonds. The summed E-state index contributed by atoms with van der Waals surface area (Å²) in [5.74, 6) is -1.50. The lowest BCUT2D eigenvalue weighted by molar-refractivity contribution is -0.140. The van der Waals surface area contributed by atoms with Crippen LogP contribution in [0.25, 0.3) is 0 Å². The largest absolute Gasteiger partial charge is 0.463 e. The van der Waals surface area contributed by atoms with E-state index in [2.05, 4.69) is 0 Å². The standard InChI is InChI=1S/C25H28ClN3O3S/c1-5-32-23(30)21-17(4)27-24-29(22(21)18-11-13-19(26)14-12-18)25(31,15-33-24)28(16(2)3)20-9-7-6-8-10-20/h6-14,16,22,31H,5,15H2,1-4H3/t22-,25-/m1/s1. The van der Waals surface area contributed by atoms with Gasteiger partial charge in [0.05, 0.1) is 29.7 Å². The Hall–Kier alpha value is -2.48. The zero-order chi connectivity index (χ0) is 23.8. The predicted molar refractivity (Wildman–Crippen MR) is 134 cm³/mol. The first-order valence-electron chi connectivity index (χ1n) is 11.0. The SMILES string of the molecule is CCOC(=O)C1=C(C)N=C2SC[C@@](O)(N(c3ccccc3)C(C)C)N2[C@@H]1c1ccc(Cl)cc1. The number of ether oxygens (including phenoxy) is 1. The van der Waals surface area contributed by atoms with Crippen LogP contribution in [0.5, 0.6) is 0 Å². The van der Waals surface area contributed by atoms with Crippen LogP contribution in [0.1, 0.15) is 39.3 Å². The first-order valence-corrected chi connectivity index (χ1v) is 12.3. The second-order valence-electron chi connectivity index (χ2n) is 8.30. The van der Waals surface area contributed by atoms with Gasteiger partial charge in [-0.2, -0.15) is 0 Å². The van der Waals surface area contributed by atoms with Gasteiger partial charge in [-0.15, -0.1) is 0 Å². The van der Waals surface area contributed by atoms with Gasteiger partial charge in [0, 0.05) is 16.8 Å². The molecular weight excluding hydrogens is 458 g/mol. The van der Waals surface area contributed by atoms with E-state index in [1.807, 2.05) is 73.0 Å². The van der Waals surface area contributed by atoms with Crippen molar-refractivity contribution in [1.82, 2.24) is 4.90 Å². The number of thioether (sulfide) groups is 1. The Bertz CT molecular complexity index is 1090. The lowest BCUT2D eigenvalue weighted by atomic mass is 9.93. The minimum absolute atomic E-state index is 0.0266. The van der Waals surface area contributed by atoms with E-state index in [1.165, 1.54) is 11.8 Å². The monoisotopic (exact) mass is 485 g/mol. The molecule has 2 aromatic rings. The molecule has 2 aliphatic heterocycles. The van der Waals surface area contributed by atoms with Gasteiger partial charge in [0.1, 0.15) is 0 Å². The molecule has 8 heteroatoms. The van der Waals surface area contributed by atoms with Gasteiger partial charge in [0.25, 0.3) is 0 Å². The Morgan fingerprint density at radius 3 is 2.55 bits per heavy atom. The minimum atomic E-state index is -1.43. The van der Waals surface area contributed by atoms with Crippen molar-refractivity contribution in [2.75, 3.05) is 17.3 Å². The highest BCUT2D eigenvalue weighted by Crippen LogP contribution is 2.48. The van der Waals surface area contributed by atoms with Crippen molar-refractivity contribution in [3.05, 3.63) is 76.5 Å². The third-order valence-corrected chi connectivity index (χ3v) is 7.12. The zero-order valence-corrected chi connectivity index (χ0v) is 20.7. The van der Waals surface area contributed by atoms with Crippen molar-refractivity contribution >= 4 is 40.2 Å². The number of para-hydroxylation sites is 1.